The number of anilines is 2. The second-order valence-corrected chi connectivity index (χ2v) is 6.38. The highest BCUT2D eigenvalue weighted by atomic mass is 16.2. The Morgan fingerprint density at radius 2 is 1.90 bits per heavy atom. The van der Waals surface area contributed by atoms with Gasteiger partial charge in [0.15, 0.2) is 0 Å². The Bertz CT molecular complexity index is 485. The lowest BCUT2D eigenvalue weighted by molar-refractivity contribution is -0.121. The topological polar surface area (TPSA) is 58.4 Å². The lowest BCUT2D eigenvalue weighted by Gasteiger charge is -2.31. The Morgan fingerprint density at radius 1 is 1.29 bits per heavy atom. The van der Waals surface area contributed by atoms with Gasteiger partial charge in [-0.1, -0.05) is 13.8 Å². The molecule has 4 nitrogen and oxygen atoms in total. The molecule has 2 atom stereocenters. The molecule has 0 saturated heterocycles. The maximum atomic E-state index is 12.4. The van der Waals surface area contributed by atoms with E-state index in [0.29, 0.717) is 17.6 Å². The van der Waals surface area contributed by atoms with Gasteiger partial charge in [0, 0.05) is 17.4 Å². The minimum Gasteiger partial charge on any atom is -0.399 e. The highest BCUT2D eigenvalue weighted by Crippen LogP contribution is 2.19. The molecule has 21 heavy (non-hydrogen) atoms. The highest BCUT2D eigenvalue weighted by molar-refractivity contribution is 5.95. The van der Waals surface area contributed by atoms with E-state index in [2.05, 4.69) is 31.0 Å². The third kappa shape index (κ3) is 5.05. The van der Waals surface area contributed by atoms with Gasteiger partial charge < -0.3 is 11.1 Å². The number of carbonyl (C=O) groups is 1. The van der Waals surface area contributed by atoms with E-state index in [-0.39, 0.29) is 11.9 Å². The molecule has 0 radical (unpaired) electrons. The number of amides is 1. The average Bonchev–Trinajstić information content (AvgIpc) is 2.39. The molecule has 0 heterocycles. The second kappa shape index (κ2) is 7.46. The molecule has 0 fully saturated rings. The first-order valence-electron chi connectivity index (χ1n) is 7.61. The zero-order valence-corrected chi connectivity index (χ0v) is 14.1. The van der Waals surface area contributed by atoms with E-state index in [1.165, 1.54) is 0 Å². The van der Waals surface area contributed by atoms with Crippen LogP contribution in [-0.2, 0) is 4.79 Å². The minimum absolute atomic E-state index is 0.0148. The number of nitrogens with one attached hydrogen (secondary N) is 1. The molecule has 4 heteroatoms. The first-order chi connectivity index (χ1) is 9.72. The second-order valence-electron chi connectivity index (χ2n) is 6.38. The fraction of sp³-hybridized carbons (Fsp3) is 0.588. The van der Waals surface area contributed by atoms with E-state index in [0.717, 1.165) is 17.7 Å². The van der Waals surface area contributed by atoms with Crippen molar-refractivity contribution in [2.45, 2.75) is 53.1 Å². The van der Waals surface area contributed by atoms with Crippen LogP contribution >= 0.6 is 0 Å². The molecule has 1 rings (SSSR count). The summed E-state index contributed by atoms with van der Waals surface area (Å²) in [5.74, 6) is 0.637. The van der Waals surface area contributed by atoms with Crippen LogP contribution in [0.1, 0.15) is 39.7 Å². The number of carbonyl (C=O) groups excluding carboxylic acids is 1. The van der Waals surface area contributed by atoms with Crippen LogP contribution in [0, 0.1) is 12.8 Å². The molecule has 118 valence electrons. The van der Waals surface area contributed by atoms with Crippen LogP contribution in [0.15, 0.2) is 18.2 Å². The average molecular weight is 291 g/mol. The molecule has 1 aromatic rings. The largest absolute Gasteiger partial charge is 0.399 e. The highest BCUT2D eigenvalue weighted by Gasteiger charge is 2.23. The van der Waals surface area contributed by atoms with Gasteiger partial charge in [-0.3, -0.25) is 9.69 Å². The van der Waals surface area contributed by atoms with Gasteiger partial charge in [-0.25, -0.2) is 0 Å². The summed E-state index contributed by atoms with van der Waals surface area (Å²) in [6.45, 7) is 10.5. The lowest BCUT2D eigenvalue weighted by atomic mass is 10.0. The normalized spacial score (nSPS) is 14.3. The fourth-order valence-corrected chi connectivity index (χ4v) is 2.48. The first kappa shape index (κ1) is 17.5. The number of rotatable bonds is 6. The van der Waals surface area contributed by atoms with Crippen LogP contribution in [0.4, 0.5) is 11.4 Å². The lowest BCUT2D eigenvalue weighted by Crippen LogP contribution is -2.44. The van der Waals surface area contributed by atoms with Gasteiger partial charge in [0.25, 0.3) is 0 Å². The van der Waals surface area contributed by atoms with Crippen LogP contribution in [0.2, 0.25) is 0 Å². The number of nitrogen functional groups attached to an aromatic ring is 1. The van der Waals surface area contributed by atoms with Gasteiger partial charge in [0.2, 0.25) is 5.91 Å². The zero-order valence-electron chi connectivity index (χ0n) is 14.1. The van der Waals surface area contributed by atoms with Crippen molar-refractivity contribution in [2.24, 2.45) is 5.92 Å². The SMILES string of the molecule is Cc1cc(N)ccc1NC(=O)C(C)N(C)C(C)CC(C)C. The Morgan fingerprint density at radius 3 is 2.43 bits per heavy atom. The molecule has 0 spiro atoms. The Kier molecular flexibility index (Phi) is 6.21. The van der Waals surface area contributed by atoms with Crippen molar-refractivity contribution in [1.29, 1.82) is 0 Å². The smallest absolute Gasteiger partial charge is 0.241 e. The molecular weight excluding hydrogens is 262 g/mol. The van der Waals surface area contributed by atoms with Crippen molar-refractivity contribution in [3.63, 3.8) is 0 Å². The van der Waals surface area contributed by atoms with Crippen LogP contribution in [0.3, 0.4) is 0 Å². The van der Waals surface area contributed by atoms with Crippen molar-refractivity contribution in [1.82, 2.24) is 4.90 Å². The quantitative estimate of drug-likeness (QED) is 0.791. The molecule has 0 bridgehead atoms. The van der Waals surface area contributed by atoms with Gasteiger partial charge in [-0.05, 0) is 63.9 Å². The maximum absolute atomic E-state index is 12.4. The molecule has 1 amide bonds. The number of likely N-dealkylation sites (N-methyl/N-ethyl adjacent to an activating group) is 1. The maximum Gasteiger partial charge on any atom is 0.241 e. The summed E-state index contributed by atoms with van der Waals surface area (Å²) in [4.78, 5) is 14.5. The van der Waals surface area contributed by atoms with E-state index >= 15 is 0 Å². The summed E-state index contributed by atoms with van der Waals surface area (Å²) in [7, 11) is 2.01. The van der Waals surface area contributed by atoms with Crippen LogP contribution < -0.4 is 11.1 Å². The number of nitrogens with zero attached hydrogens (tertiary/aromatic N) is 1. The van der Waals surface area contributed by atoms with E-state index in [9.17, 15) is 4.79 Å². The monoisotopic (exact) mass is 291 g/mol. The minimum atomic E-state index is -0.171. The van der Waals surface area contributed by atoms with Gasteiger partial charge in [-0.15, -0.1) is 0 Å². The predicted molar refractivity (Wildman–Crippen MR) is 90.4 cm³/mol. The van der Waals surface area contributed by atoms with Gasteiger partial charge in [-0.2, -0.15) is 0 Å². The number of hydrogen-bond donors (Lipinski definition) is 2. The molecule has 0 saturated carbocycles. The summed E-state index contributed by atoms with van der Waals surface area (Å²) in [6, 6.07) is 5.73. The number of aryl methyl sites for hydroxylation is 1. The standard InChI is InChI=1S/C17H29N3O/c1-11(2)9-13(4)20(6)14(5)17(21)19-16-8-7-15(18)10-12(16)3/h7-8,10-11,13-14H,9,18H2,1-6H3,(H,19,21). The van der Waals surface area contributed by atoms with Crippen LogP contribution in [-0.4, -0.2) is 29.9 Å². The molecule has 2 unspecified atom stereocenters. The van der Waals surface area contributed by atoms with Gasteiger partial charge in [0.1, 0.15) is 0 Å². The summed E-state index contributed by atoms with van der Waals surface area (Å²) in [5.41, 5.74) is 8.25. The molecule has 0 aliphatic rings. The summed E-state index contributed by atoms with van der Waals surface area (Å²) >= 11 is 0. The van der Waals surface area contributed by atoms with Crippen molar-refractivity contribution in [2.75, 3.05) is 18.1 Å². The van der Waals surface area contributed by atoms with E-state index in [4.69, 9.17) is 5.73 Å². The van der Waals surface area contributed by atoms with E-state index in [1.54, 1.807) is 6.07 Å². The van der Waals surface area contributed by atoms with Crippen molar-refractivity contribution < 1.29 is 4.79 Å². The van der Waals surface area contributed by atoms with Crippen LogP contribution in [0.5, 0.6) is 0 Å². The molecule has 0 aliphatic heterocycles. The molecular formula is C17H29N3O. The van der Waals surface area contributed by atoms with E-state index in [1.807, 2.05) is 33.0 Å². The summed E-state index contributed by atoms with van der Waals surface area (Å²) in [5, 5.41) is 2.99. The first-order valence-corrected chi connectivity index (χ1v) is 7.61. The Hall–Kier alpha value is -1.55. The molecule has 3 N–H and O–H groups in total. The number of nitrogens with two attached hydrogens (primary N) is 1. The molecule has 0 aliphatic carbocycles. The Labute approximate surface area is 128 Å². The number of benzene rings is 1. The third-order valence-electron chi connectivity index (χ3n) is 4.01. The van der Waals surface area contributed by atoms with Crippen LogP contribution in [0.25, 0.3) is 0 Å². The van der Waals surface area contributed by atoms with E-state index < -0.39 is 0 Å². The fourth-order valence-electron chi connectivity index (χ4n) is 2.48. The third-order valence-corrected chi connectivity index (χ3v) is 4.01. The number of hydrogen-bond acceptors (Lipinski definition) is 3. The van der Waals surface area contributed by atoms with Crippen molar-refractivity contribution in [3.8, 4) is 0 Å². The van der Waals surface area contributed by atoms with Crippen molar-refractivity contribution in [3.05, 3.63) is 23.8 Å². The zero-order chi connectivity index (χ0) is 16.2. The molecule has 1 aromatic carbocycles. The van der Waals surface area contributed by atoms with Gasteiger partial charge >= 0.3 is 0 Å². The summed E-state index contributed by atoms with van der Waals surface area (Å²) < 4.78 is 0. The van der Waals surface area contributed by atoms with Crippen molar-refractivity contribution >= 4 is 17.3 Å². The predicted octanol–water partition coefficient (Wildman–Crippen LogP) is 3.27. The van der Waals surface area contributed by atoms with Gasteiger partial charge in [0.05, 0.1) is 6.04 Å². The molecule has 0 aromatic heterocycles. The Balaban J connectivity index is 2.69. The summed E-state index contributed by atoms with van der Waals surface area (Å²) in [6.07, 6.45) is 1.08.